The molecule has 1 saturated heterocycles. The van der Waals surface area contributed by atoms with Crippen molar-refractivity contribution in [1.82, 2.24) is 4.90 Å². The quantitative estimate of drug-likeness (QED) is 0.747. The minimum absolute atomic E-state index is 0.151. The predicted molar refractivity (Wildman–Crippen MR) is 64.7 cm³/mol. The molecule has 5 nitrogen and oxygen atoms in total. The van der Waals surface area contributed by atoms with Crippen molar-refractivity contribution < 1.29 is 14.3 Å². The number of carbonyl (C=O) groups excluding carboxylic acids is 1. The second kappa shape index (κ2) is 6.17. The van der Waals surface area contributed by atoms with E-state index < -0.39 is 6.10 Å². The minimum Gasteiger partial charge on any atom is -0.378 e. The summed E-state index contributed by atoms with van der Waals surface area (Å²) in [5.41, 5.74) is 0. The zero-order chi connectivity index (χ0) is 13.0. The number of morpholine rings is 1. The second-order valence-corrected chi connectivity index (χ2v) is 4.95. The first-order chi connectivity index (χ1) is 8.72. The lowest BCUT2D eigenvalue weighted by Crippen LogP contribution is -2.46. The molecule has 2 aliphatic rings. The molecule has 0 radical (unpaired) electrons. The number of hydrogen-bond donors (Lipinski definition) is 0. The van der Waals surface area contributed by atoms with E-state index in [-0.39, 0.29) is 5.91 Å². The van der Waals surface area contributed by atoms with E-state index in [9.17, 15) is 4.79 Å². The Kier molecular flexibility index (Phi) is 4.56. The summed E-state index contributed by atoms with van der Waals surface area (Å²) in [4.78, 5) is 13.8. The highest BCUT2D eigenvalue weighted by molar-refractivity contribution is 5.76. The summed E-state index contributed by atoms with van der Waals surface area (Å²) in [6, 6.07) is 2.06. The van der Waals surface area contributed by atoms with Gasteiger partial charge < -0.3 is 14.4 Å². The summed E-state index contributed by atoms with van der Waals surface area (Å²) in [5.74, 6) is 0.607. The SMILES string of the molecule is CCOC1CC(CC(=O)N2CCOC(C#N)C2)C1. The Bertz CT molecular complexity index is 334. The maximum absolute atomic E-state index is 12.0. The summed E-state index contributed by atoms with van der Waals surface area (Å²) >= 11 is 0. The van der Waals surface area contributed by atoms with Gasteiger partial charge in [-0.3, -0.25) is 4.79 Å². The Morgan fingerprint density at radius 3 is 3.00 bits per heavy atom. The van der Waals surface area contributed by atoms with Crippen molar-refractivity contribution in [3.8, 4) is 6.07 Å². The molecule has 1 amide bonds. The van der Waals surface area contributed by atoms with Gasteiger partial charge in [-0.15, -0.1) is 0 Å². The number of hydrogen-bond acceptors (Lipinski definition) is 4. The molecule has 1 heterocycles. The number of carbonyl (C=O) groups is 1. The van der Waals surface area contributed by atoms with Crippen LogP contribution in [0.5, 0.6) is 0 Å². The van der Waals surface area contributed by atoms with Crippen molar-refractivity contribution in [1.29, 1.82) is 5.26 Å². The fourth-order valence-corrected chi connectivity index (χ4v) is 2.54. The van der Waals surface area contributed by atoms with E-state index in [1.54, 1.807) is 4.90 Å². The topological polar surface area (TPSA) is 62.6 Å². The fourth-order valence-electron chi connectivity index (χ4n) is 2.54. The largest absolute Gasteiger partial charge is 0.378 e. The van der Waals surface area contributed by atoms with Crippen LogP contribution >= 0.6 is 0 Å². The lowest BCUT2D eigenvalue weighted by atomic mass is 9.79. The third kappa shape index (κ3) is 3.21. The molecule has 2 rings (SSSR count). The highest BCUT2D eigenvalue weighted by atomic mass is 16.5. The first-order valence-corrected chi connectivity index (χ1v) is 6.63. The fraction of sp³-hybridized carbons (Fsp3) is 0.846. The lowest BCUT2D eigenvalue weighted by Gasteiger charge is -2.37. The average Bonchev–Trinajstić information content (AvgIpc) is 2.36. The summed E-state index contributed by atoms with van der Waals surface area (Å²) in [6.45, 7) is 4.23. The first kappa shape index (κ1) is 13.3. The van der Waals surface area contributed by atoms with Crippen molar-refractivity contribution in [2.45, 2.75) is 38.4 Å². The van der Waals surface area contributed by atoms with E-state index in [1.807, 2.05) is 6.92 Å². The average molecular weight is 252 g/mol. The summed E-state index contributed by atoms with van der Waals surface area (Å²) in [7, 11) is 0. The number of nitriles is 1. The normalized spacial score (nSPS) is 31.6. The second-order valence-electron chi connectivity index (χ2n) is 4.95. The Morgan fingerprint density at radius 1 is 1.56 bits per heavy atom. The van der Waals surface area contributed by atoms with Crippen LogP contribution in [0.3, 0.4) is 0 Å². The number of amides is 1. The molecule has 0 aromatic rings. The van der Waals surface area contributed by atoms with Gasteiger partial charge >= 0.3 is 0 Å². The van der Waals surface area contributed by atoms with Gasteiger partial charge in [0.05, 0.1) is 25.3 Å². The van der Waals surface area contributed by atoms with Crippen molar-refractivity contribution in [3.63, 3.8) is 0 Å². The van der Waals surface area contributed by atoms with Crippen molar-refractivity contribution in [3.05, 3.63) is 0 Å². The zero-order valence-corrected chi connectivity index (χ0v) is 10.8. The van der Waals surface area contributed by atoms with Gasteiger partial charge in [0.2, 0.25) is 5.91 Å². The first-order valence-electron chi connectivity index (χ1n) is 6.63. The highest BCUT2D eigenvalue weighted by Gasteiger charge is 2.33. The van der Waals surface area contributed by atoms with Crippen LogP contribution in [0.1, 0.15) is 26.2 Å². The van der Waals surface area contributed by atoms with Crippen LogP contribution in [0.15, 0.2) is 0 Å². The Morgan fingerprint density at radius 2 is 2.33 bits per heavy atom. The van der Waals surface area contributed by atoms with Gasteiger partial charge in [0.1, 0.15) is 0 Å². The highest BCUT2D eigenvalue weighted by Crippen LogP contribution is 2.33. The molecule has 1 aliphatic carbocycles. The molecule has 18 heavy (non-hydrogen) atoms. The van der Waals surface area contributed by atoms with E-state index in [0.717, 1.165) is 19.4 Å². The zero-order valence-electron chi connectivity index (χ0n) is 10.8. The molecule has 0 aromatic heterocycles. The predicted octanol–water partition coefficient (Wildman–Crippen LogP) is 0.943. The third-order valence-corrected chi connectivity index (χ3v) is 3.62. The molecule has 1 atom stereocenters. The maximum atomic E-state index is 12.0. The Hall–Kier alpha value is -1.12. The van der Waals surface area contributed by atoms with E-state index in [1.165, 1.54) is 0 Å². The molecule has 5 heteroatoms. The molecule has 1 unspecified atom stereocenters. The van der Waals surface area contributed by atoms with Crippen LogP contribution in [0.25, 0.3) is 0 Å². The summed E-state index contributed by atoms with van der Waals surface area (Å²) < 4.78 is 10.7. The van der Waals surface area contributed by atoms with Crippen LogP contribution in [0.4, 0.5) is 0 Å². The molecular formula is C13H20N2O3. The van der Waals surface area contributed by atoms with Gasteiger partial charge in [-0.25, -0.2) is 0 Å². The van der Waals surface area contributed by atoms with Gasteiger partial charge in [0.15, 0.2) is 6.10 Å². The number of nitrogens with zero attached hydrogens (tertiary/aromatic N) is 2. The van der Waals surface area contributed by atoms with Gasteiger partial charge in [0.25, 0.3) is 0 Å². The van der Waals surface area contributed by atoms with Crippen molar-refractivity contribution >= 4 is 5.91 Å². The molecule has 1 aliphatic heterocycles. The third-order valence-electron chi connectivity index (χ3n) is 3.62. The standard InChI is InChI=1S/C13H20N2O3/c1-2-17-11-5-10(6-11)7-13(16)15-3-4-18-12(8-14)9-15/h10-12H,2-7,9H2,1H3. The van der Waals surface area contributed by atoms with Crippen LogP contribution in [-0.4, -0.2) is 49.3 Å². The lowest BCUT2D eigenvalue weighted by molar-refractivity contribution is -0.140. The molecule has 1 saturated carbocycles. The Balaban J connectivity index is 1.71. The molecule has 2 fully saturated rings. The van der Waals surface area contributed by atoms with Crippen molar-refractivity contribution in [2.75, 3.05) is 26.3 Å². The van der Waals surface area contributed by atoms with E-state index in [4.69, 9.17) is 14.7 Å². The molecule has 0 spiro atoms. The molecule has 100 valence electrons. The van der Waals surface area contributed by atoms with Crippen LogP contribution in [-0.2, 0) is 14.3 Å². The summed E-state index contributed by atoms with van der Waals surface area (Å²) in [5, 5.41) is 8.79. The minimum atomic E-state index is -0.458. The van der Waals surface area contributed by atoms with E-state index >= 15 is 0 Å². The van der Waals surface area contributed by atoms with Gasteiger partial charge in [-0.2, -0.15) is 5.26 Å². The van der Waals surface area contributed by atoms with Gasteiger partial charge in [0, 0.05) is 19.6 Å². The van der Waals surface area contributed by atoms with E-state index in [0.29, 0.717) is 38.1 Å². The van der Waals surface area contributed by atoms with Gasteiger partial charge in [-0.1, -0.05) is 0 Å². The van der Waals surface area contributed by atoms with Crippen LogP contribution < -0.4 is 0 Å². The van der Waals surface area contributed by atoms with Gasteiger partial charge in [-0.05, 0) is 25.7 Å². The van der Waals surface area contributed by atoms with Crippen LogP contribution in [0.2, 0.25) is 0 Å². The smallest absolute Gasteiger partial charge is 0.223 e. The van der Waals surface area contributed by atoms with E-state index in [2.05, 4.69) is 6.07 Å². The maximum Gasteiger partial charge on any atom is 0.223 e. The van der Waals surface area contributed by atoms with Crippen molar-refractivity contribution in [2.24, 2.45) is 5.92 Å². The molecule has 0 bridgehead atoms. The van der Waals surface area contributed by atoms with Crippen LogP contribution in [0, 0.1) is 17.2 Å². The molecular weight excluding hydrogens is 232 g/mol. The molecule has 0 aromatic carbocycles. The monoisotopic (exact) mass is 252 g/mol. The summed E-state index contributed by atoms with van der Waals surface area (Å²) in [6.07, 6.45) is 2.46. The number of ether oxygens (including phenoxy) is 2. The molecule has 0 N–H and O–H groups in total. The number of rotatable bonds is 4. The Labute approximate surface area is 108 Å².